The Morgan fingerprint density at radius 1 is 1.06 bits per heavy atom. The number of nitrogens with zero attached hydrogens (tertiary/aromatic N) is 2. The molecule has 2 aromatic carbocycles. The summed E-state index contributed by atoms with van der Waals surface area (Å²) in [5.74, 6) is 1.03. The summed E-state index contributed by atoms with van der Waals surface area (Å²) in [7, 11) is 0. The average Bonchev–Trinajstić information content (AvgIpc) is 2.87. The molecule has 3 heteroatoms. The second kappa shape index (κ2) is 3.87. The number of rotatable bonds is 2. The molecule has 0 saturated carbocycles. The number of fused-ring (bicyclic) bond motifs is 1. The van der Waals surface area contributed by atoms with Crippen molar-refractivity contribution in [1.82, 2.24) is 10.1 Å². The van der Waals surface area contributed by atoms with E-state index in [-0.39, 0.29) is 0 Å². The number of aromatic nitrogens is 2. The van der Waals surface area contributed by atoms with Crippen molar-refractivity contribution >= 4 is 16.8 Å². The number of hydrogen-bond donors (Lipinski definition) is 0. The van der Waals surface area contributed by atoms with Crippen LogP contribution >= 0.6 is 0 Å². The molecule has 0 aliphatic rings. The number of hydrogen-bond acceptors (Lipinski definition) is 3. The van der Waals surface area contributed by atoms with Crippen LogP contribution in [0.3, 0.4) is 0 Å². The fourth-order valence-electron chi connectivity index (χ4n) is 1.76. The van der Waals surface area contributed by atoms with Crippen LogP contribution in [0.4, 0.5) is 0 Å². The van der Waals surface area contributed by atoms with E-state index in [1.165, 1.54) is 11.5 Å². The van der Waals surface area contributed by atoms with Gasteiger partial charge in [-0.25, -0.2) is 0 Å². The van der Waals surface area contributed by atoms with Crippen LogP contribution in [0.2, 0.25) is 0 Å². The Kier molecular flexibility index (Phi) is 2.22. The van der Waals surface area contributed by atoms with Crippen LogP contribution in [-0.4, -0.2) is 10.1 Å². The largest absolute Gasteiger partial charge is 0.334 e. The fraction of sp³-hybridized carbons (Fsp3) is 0. The van der Waals surface area contributed by atoms with Gasteiger partial charge in [0.25, 0.3) is 0 Å². The van der Waals surface area contributed by atoms with Crippen molar-refractivity contribution in [2.75, 3.05) is 0 Å². The van der Waals surface area contributed by atoms with Crippen LogP contribution in [0.1, 0.15) is 5.89 Å². The maximum absolute atomic E-state index is 5.00. The summed E-state index contributed by atoms with van der Waals surface area (Å²) in [6, 6.07) is 14.3. The van der Waals surface area contributed by atoms with Crippen molar-refractivity contribution in [3.63, 3.8) is 0 Å². The van der Waals surface area contributed by atoms with Gasteiger partial charge in [-0.3, -0.25) is 0 Å². The molecular formula is C14H10N2O. The first-order valence-corrected chi connectivity index (χ1v) is 5.32. The molecule has 0 unspecified atom stereocenters. The molecule has 0 fully saturated rings. The van der Waals surface area contributed by atoms with Gasteiger partial charge in [0.05, 0.1) is 0 Å². The van der Waals surface area contributed by atoms with E-state index in [4.69, 9.17) is 4.52 Å². The maximum atomic E-state index is 5.00. The molecule has 3 rings (SSSR count). The Labute approximate surface area is 98.4 Å². The third kappa shape index (κ3) is 1.72. The van der Waals surface area contributed by atoms with Crippen molar-refractivity contribution < 1.29 is 4.52 Å². The first-order valence-electron chi connectivity index (χ1n) is 5.32. The fourth-order valence-corrected chi connectivity index (χ4v) is 1.76. The minimum atomic E-state index is 0.438. The molecule has 82 valence electrons. The van der Waals surface area contributed by atoms with Crippen LogP contribution in [0.15, 0.2) is 53.6 Å². The Hall–Kier alpha value is -2.42. The van der Waals surface area contributed by atoms with Gasteiger partial charge >= 0.3 is 0 Å². The van der Waals surface area contributed by atoms with Crippen molar-refractivity contribution in [2.45, 2.75) is 0 Å². The van der Waals surface area contributed by atoms with E-state index in [2.05, 4.69) is 34.9 Å². The van der Waals surface area contributed by atoms with Gasteiger partial charge in [0.15, 0.2) is 0 Å². The molecule has 0 saturated heterocycles. The Morgan fingerprint density at radius 3 is 2.65 bits per heavy atom. The van der Waals surface area contributed by atoms with Gasteiger partial charge in [-0.2, -0.15) is 4.98 Å². The molecule has 0 N–H and O–H groups in total. The highest BCUT2D eigenvalue weighted by atomic mass is 16.5. The van der Waals surface area contributed by atoms with Crippen LogP contribution < -0.4 is 0 Å². The lowest BCUT2D eigenvalue weighted by atomic mass is 10.1. The lowest BCUT2D eigenvalue weighted by molar-refractivity contribution is 0.411. The van der Waals surface area contributed by atoms with Crippen LogP contribution in [0, 0.1) is 0 Å². The zero-order valence-corrected chi connectivity index (χ0v) is 9.13. The van der Waals surface area contributed by atoms with Gasteiger partial charge in [-0.15, -0.1) is 0 Å². The van der Waals surface area contributed by atoms with E-state index in [9.17, 15) is 0 Å². The summed E-state index contributed by atoms with van der Waals surface area (Å²) in [4.78, 5) is 4.21. The highest BCUT2D eigenvalue weighted by molar-refractivity contribution is 5.86. The van der Waals surface area contributed by atoms with Gasteiger partial charge in [0, 0.05) is 5.56 Å². The molecule has 3 aromatic rings. The predicted molar refractivity (Wildman–Crippen MR) is 67.3 cm³/mol. The SMILES string of the molecule is C=Cc1nc(-c2ccc3ccccc3c2)no1. The smallest absolute Gasteiger partial charge is 0.250 e. The van der Waals surface area contributed by atoms with Gasteiger partial charge in [-0.1, -0.05) is 48.1 Å². The summed E-state index contributed by atoms with van der Waals surface area (Å²) < 4.78 is 5.00. The highest BCUT2D eigenvalue weighted by Gasteiger charge is 2.06. The van der Waals surface area contributed by atoms with Gasteiger partial charge in [0.1, 0.15) is 0 Å². The van der Waals surface area contributed by atoms with Crippen molar-refractivity contribution in [3.8, 4) is 11.4 Å². The average molecular weight is 222 g/mol. The molecule has 0 aliphatic carbocycles. The van der Waals surface area contributed by atoms with Crippen LogP contribution in [0.5, 0.6) is 0 Å². The number of benzene rings is 2. The van der Waals surface area contributed by atoms with Crippen molar-refractivity contribution in [1.29, 1.82) is 0 Å². The minimum Gasteiger partial charge on any atom is -0.334 e. The first-order chi connectivity index (χ1) is 8.36. The van der Waals surface area contributed by atoms with Crippen LogP contribution in [-0.2, 0) is 0 Å². The summed E-state index contributed by atoms with van der Waals surface area (Å²) >= 11 is 0. The molecular weight excluding hydrogens is 212 g/mol. The predicted octanol–water partition coefficient (Wildman–Crippen LogP) is 3.53. The van der Waals surface area contributed by atoms with Gasteiger partial charge in [0.2, 0.25) is 11.7 Å². The molecule has 0 atom stereocenters. The van der Waals surface area contributed by atoms with E-state index in [0.717, 1.165) is 10.9 Å². The quantitative estimate of drug-likeness (QED) is 0.665. The molecule has 17 heavy (non-hydrogen) atoms. The Morgan fingerprint density at radius 2 is 1.88 bits per heavy atom. The highest BCUT2D eigenvalue weighted by Crippen LogP contribution is 2.22. The molecule has 0 amide bonds. The summed E-state index contributed by atoms with van der Waals surface area (Å²) in [5.41, 5.74) is 0.945. The third-order valence-corrected chi connectivity index (χ3v) is 2.62. The summed E-state index contributed by atoms with van der Waals surface area (Å²) in [5, 5.41) is 6.27. The third-order valence-electron chi connectivity index (χ3n) is 2.62. The van der Waals surface area contributed by atoms with Gasteiger partial charge in [-0.05, 0) is 22.9 Å². The molecule has 1 aromatic heterocycles. The van der Waals surface area contributed by atoms with E-state index in [0.29, 0.717) is 11.7 Å². The normalized spacial score (nSPS) is 10.6. The van der Waals surface area contributed by atoms with Crippen molar-refractivity contribution in [3.05, 3.63) is 54.9 Å². The molecule has 0 aliphatic heterocycles. The lowest BCUT2D eigenvalue weighted by Gasteiger charge is -1.98. The lowest BCUT2D eigenvalue weighted by Crippen LogP contribution is -1.81. The minimum absolute atomic E-state index is 0.438. The molecule has 3 nitrogen and oxygen atoms in total. The van der Waals surface area contributed by atoms with Gasteiger partial charge < -0.3 is 4.52 Å². The molecule has 0 radical (unpaired) electrons. The Balaban J connectivity index is 2.14. The van der Waals surface area contributed by atoms with E-state index in [1.54, 1.807) is 0 Å². The van der Waals surface area contributed by atoms with E-state index < -0.39 is 0 Å². The van der Waals surface area contributed by atoms with E-state index >= 15 is 0 Å². The topological polar surface area (TPSA) is 38.9 Å². The standard InChI is InChI=1S/C14H10N2O/c1-2-13-15-14(16-17-13)12-8-7-10-5-3-4-6-11(10)9-12/h2-9H,1H2. The summed E-state index contributed by atoms with van der Waals surface area (Å²) in [6.07, 6.45) is 1.54. The van der Waals surface area contributed by atoms with Crippen LogP contribution in [0.25, 0.3) is 28.2 Å². The molecule has 0 spiro atoms. The van der Waals surface area contributed by atoms with Crippen molar-refractivity contribution in [2.24, 2.45) is 0 Å². The first kappa shape index (κ1) is 9.78. The van der Waals surface area contributed by atoms with E-state index in [1.807, 2.05) is 24.3 Å². The Bertz CT molecular complexity index is 685. The monoisotopic (exact) mass is 222 g/mol. The second-order valence-electron chi connectivity index (χ2n) is 3.72. The molecule has 0 bridgehead atoms. The zero-order chi connectivity index (χ0) is 11.7. The molecule has 1 heterocycles. The maximum Gasteiger partial charge on any atom is 0.250 e. The summed E-state index contributed by atoms with van der Waals surface area (Å²) in [6.45, 7) is 3.59. The second-order valence-corrected chi connectivity index (χ2v) is 3.72. The zero-order valence-electron chi connectivity index (χ0n) is 9.13.